The minimum atomic E-state index is 1.05. The van der Waals surface area contributed by atoms with Crippen LogP contribution in [0.3, 0.4) is 0 Å². The molecule has 0 fully saturated rings. The summed E-state index contributed by atoms with van der Waals surface area (Å²) >= 11 is 14.9. The summed E-state index contributed by atoms with van der Waals surface area (Å²) in [5.41, 5.74) is 2.58. The smallest absolute Gasteiger partial charge is 0.0636 e. The number of hydrogen-bond donors (Lipinski definition) is 0. The highest BCUT2D eigenvalue weighted by Crippen LogP contribution is 2.40. The van der Waals surface area contributed by atoms with Gasteiger partial charge in [0.05, 0.1) is 11.0 Å². The minimum Gasteiger partial charge on any atom is -0.339 e. The van der Waals surface area contributed by atoms with Gasteiger partial charge < -0.3 is 4.57 Å². The van der Waals surface area contributed by atoms with Gasteiger partial charge in [0.2, 0.25) is 0 Å². The van der Waals surface area contributed by atoms with Gasteiger partial charge in [-0.1, -0.05) is 96.6 Å². The van der Waals surface area contributed by atoms with Crippen LogP contribution in [0.25, 0.3) is 21.8 Å². The Kier molecular flexibility index (Phi) is 9.60. The van der Waals surface area contributed by atoms with Crippen LogP contribution in [0.2, 0.25) is 0 Å². The number of aryl methyl sites for hydroxylation is 1. The SMILES string of the molecule is CCCCCCCCCCCCn1c2c(Br)cc(Br)cc2c2cc(Br)cc(Br)c21. The first-order chi connectivity index (χ1) is 14.0. The number of aromatic nitrogens is 1. The highest BCUT2D eigenvalue weighted by molar-refractivity contribution is 9.11. The van der Waals surface area contributed by atoms with Gasteiger partial charge in [0.25, 0.3) is 0 Å². The lowest BCUT2D eigenvalue weighted by molar-refractivity contribution is 0.541. The molecule has 29 heavy (non-hydrogen) atoms. The van der Waals surface area contributed by atoms with E-state index < -0.39 is 0 Å². The van der Waals surface area contributed by atoms with Crippen LogP contribution in [0.15, 0.2) is 42.2 Å². The molecular formula is C24H29Br4N. The lowest BCUT2D eigenvalue weighted by atomic mass is 10.1. The minimum absolute atomic E-state index is 1.05. The zero-order chi connectivity index (χ0) is 20.8. The second kappa shape index (κ2) is 11.7. The van der Waals surface area contributed by atoms with Crippen LogP contribution in [-0.2, 0) is 6.54 Å². The molecule has 0 N–H and O–H groups in total. The topological polar surface area (TPSA) is 4.93 Å². The van der Waals surface area contributed by atoms with Gasteiger partial charge in [-0.05, 0) is 62.5 Å². The van der Waals surface area contributed by atoms with Crippen molar-refractivity contribution in [2.24, 2.45) is 0 Å². The number of hydrogen-bond acceptors (Lipinski definition) is 0. The van der Waals surface area contributed by atoms with Crippen molar-refractivity contribution >= 4 is 85.5 Å². The quantitative estimate of drug-likeness (QED) is 0.182. The average Bonchev–Trinajstić information content (AvgIpc) is 2.97. The Hall–Kier alpha value is 0.160. The van der Waals surface area contributed by atoms with Crippen molar-refractivity contribution in [2.45, 2.75) is 77.7 Å². The largest absolute Gasteiger partial charge is 0.339 e. The van der Waals surface area contributed by atoms with Gasteiger partial charge >= 0.3 is 0 Å². The number of halogens is 4. The Morgan fingerprint density at radius 1 is 0.586 bits per heavy atom. The normalized spacial score (nSPS) is 11.8. The van der Waals surface area contributed by atoms with E-state index in [1.54, 1.807) is 0 Å². The highest BCUT2D eigenvalue weighted by atomic mass is 79.9. The molecule has 0 aliphatic rings. The van der Waals surface area contributed by atoms with E-state index >= 15 is 0 Å². The summed E-state index contributed by atoms with van der Waals surface area (Å²) in [6.07, 6.45) is 13.6. The van der Waals surface area contributed by atoms with E-state index in [1.807, 2.05) is 0 Å². The summed E-state index contributed by atoms with van der Waals surface area (Å²) in [4.78, 5) is 0. The van der Waals surface area contributed by atoms with Gasteiger partial charge in [-0.2, -0.15) is 0 Å². The summed E-state index contributed by atoms with van der Waals surface area (Å²) in [5.74, 6) is 0. The summed E-state index contributed by atoms with van der Waals surface area (Å²) in [6, 6.07) is 8.77. The molecule has 0 aliphatic heterocycles. The fraction of sp³-hybridized carbons (Fsp3) is 0.500. The van der Waals surface area contributed by atoms with E-state index in [0.717, 1.165) is 24.4 Å². The van der Waals surface area contributed by atoms with Crippen LogP contribution < -0.4 is 0 Å². The number of unbranched alkanes of at least 4 members (excludes halogenated alkanes) is 9. The molecule has 0 radical (unpaired) electrons. The molecule has 3 aromatic rings. The lowest BCUT2D eigenvalue weighted by Crippen LogP contribution is -1.99. The van der Waals surface area contributed by atoms with Crippen LogP contribution in [0, 0.1) is 0 Å². The number of nitrogens with zero attached hydrogens (tertiary/aromatic N) is 1. The van der Waals surface area contributed by atoms with E-state index in [2.05, 4.69) is 99.5 Å². The molecule has 0 aliphatic carbocycles. The van der Waals surface area contributed by atoms with E-state index in [4.69, 9.17) is 0 Å². The molecule has 158 valence electrons. The van der Waals surface area contributed by atoms with Gasteiger partial charge in [-0.3, -0.25) is 0 Å². The summed E-state index contributed by atoms with van der Waals surface area (Å²) in [7, 11) is 0. The first-order valence-electron chi connectivity index (χ1n) is 10.8. The third-order valence-corrected chi connectivity index (χ3v) is 7.75. The lowest BCUT2D eigenvalue weighted by Gasteiger charge is -2.10. The molecule has 5 heteroatoms. The molecular weight excluding hydrogens is 622 g/mol. The van der Waals surface area contributed by atoms with Gasteiger partial charge in [-0.25, -0.2) is 0 Å². The first-order valence-corrected chi connectivity index (χ1v) is 14.0. The molecule has 1 aromatic heterocycles. The van der Waals surface area contributed by atoms with Crippen LogP contribution in [0.1, 0.15) is 71.1 Å². The molecule has 0 amide bonds. The zero-order valence-electron chi connectivity index (χ0n) is 17.0. The van der Waals surface area contributed by atoms with Crippen LogP contribution >= 0.6 is 63.7 Å². The maximum absolute atomic E-state index is 3.81. The monoisotopic (exact) mass is 647 g/mol. The van der Waals surface area contributed by atoms with E-state index in [9.17, 15) is 0 Å². The molecule has 0 atom stereocenters. The molecule has 1 nitrogen and oxygen atoms in total. The Balaban J connectivity index is 1.67. The Bertz CT molecular complexity index is 896. The molecule has 0 saturated carbocycles. The van der Waals surface area contributed by atoms with E-state index in [1.165, 1.54) is 86.0 Å². The van der Waals surface area contributed by atoms with Crippen LogP contribution in [-0.4, -0.2) is 4.57 Å². The van der Waals surface area contributed by atoms with Crippen molar-refractivity contribution < 1.29 is 0 Å². The molecule has 2 aromatic carbocycles. The van der Waals surface area contributed by atoms with Crippen LogP contribution in [0.4, 0.5) is 0 Å². The summed E-state index contributed by atoms with van der Waals surface area (Å²) in [6.45, 7) is 3.34. The molecule has 0 spiro atoms. The maximum atomic E-state index is 3.81. The van der Waals surface area contributed by atoms with E-state index in [0.29, 0.717) is 0 Å². The fourth-order valence-corrected chi connectivity index (χ4v) is 7.06. The van der Waals surface area contributed by atoms with Crippen LogP contribution in [0.5, 0.6) is 0 Å². The zero-order valence-corrected chi connectivity index (χ0v) is 23.4. The highest BCUT2D eigenvalue weighted by Gasteiger charge is 2.17. The summed E-state index contributed by atoms with van der Waals surface area (Å²) < 4.78 is 6.99. The van der Waals surface area contributed by atoms with Gasteiger partial charge in [-0.15, -0.1) is 0 Å². The number of fused-ring (bicyclic) bond motifs is 3. The molecule has 3 rings (SSSR count). The Morgan fingerprint density at radius 3 is 1.45 bits per heavy atom. The van der Waals surface area contributed by atoms with Gasteiger partial charge in [0, 0.05) is 35.2 Å². The number of rotatable bonds is 11. The fourth-order valence-electron chi connectivity index (χ4n) is 4.18. The van der Waals surface area contributed by atoms with Crippen molar-refractivity contribution in [3.8, 4) is 0 Å². The third kappa shape index (κ3) is 6.11. The van der Waals surface area contributed by atoms with Crippen molar-refractivity contribution in [1.29, 1.82) is 0 Å². The Labute approximate surface area is 208 Å². The molecule has 0 bridgehead atoms. The predicted octanol–water partition coefficient (Wildman–Crippen LogP) is 10.8. The first kappa shape index (κ1) is 23.8. The van der Waals surface area contributed by atoms with Crippen molar-refractivity contribution in [1.82, 2.24) is 4.57 Å². The van der Waals surface area contributed by atoms with Gasteiger partial charge in [0.15, 0.2) is 0 Å². The van der Waals surface area contributed by atoms with Crippen molar-refractivity contribution in [2.75, 3.05) is 0 Å². The number of benzene rings is 2. The second-order valence-electron chi connectivity index (χ2n) is 7.90. The van der Waals surface area contributed by atoms with Gasteiger partial charge in [0.1, 0.15) is 0 Å². The molecule has 0 saturated heterocycles. The van der Waals surface area contributed by atoms with E-state index in [-0.39, 0.29) is 0 Å². The molecule has 1 heterocycles. The molecule has 0 unspecified atom stereocenters. The second-order valence-corrected chi connectivity index (χ2v) is 11.4. The standard InChI is InChI=1S/C24H29Br4N/c1-2-3-4-5-6-7-8-9-10-11-12-29-23-19(13-17(25)15-21(23)27)20-14-18(26)16-22(28)24(20)29/h13-16H,2-12H2,1H3. The predicted molar refractivity (Wildman–Crippen MR) is 142 cm³/mol. The maximum Gasteiger partial charge on any atom is 0.0636 e. The summed E-state index contributed by atoms with van der Waals surface area (Å²) in [5, 5.41) is 2.57. The van der Waals surface area contributed by atoms with Crippen molar-refractivity contribution in [3.63, 3.8) is 0 Å². The Morgan fingerprint density at radius 2 is 1.00 bits per heavy atom. The average molecular weight is 651 g/mol. The van der Waals surface area contributed by atoms with Crippen molar-refractivity contribution in [3.05, 3.63) is 42.2 Å². The third-order valence-electron chi connectivity index (χ3n) is 5.62.